The summed E-state index contributed by atoms with van der Waals surface area (Å²) >= 11 is 1.89. The van der Waals surface area contributed by atoms with Crippen molar-refractivity contribution in [1.29, 1.82) is 0 Å². The van der Waals surface area contributed by atoms with E-state index in [-0.39, 0.29) is 13.2 Å². The first-order valence-corrected chi connectivity index (χ1v) is 13.4. The van der Waals surface area contributed by atoms with E-state index >= 15 is 0 Å². The lowest BCUT2D eigenvalue weighted by Gasteiger charge is -2.41. The Bertz CT molecular complexity index is 1180. The number of pyridine rings is 1. The second-order valence-corrected chi connectivity index (χ2v) is 10.2. The molecule has 3 N–H and O–H groups in total. The van der Waals surface area contributed by atoms with E-state index in [1.54, 1.807) is 17.2 Å². The molecule has 4 heterocycles. The van der Waals surface area contributed by atoms with Crippen molar-refractivity contribution in [3.8, 4) is 0 Å². The van der Waals surface area contributed by atoms with Crippen LogP contribution in [0.25, 0.3) is 10.8 Å². The first-order chi connectivity index (χ1) is 17.1. The SMILES string of the molecule is CSCC1CN(c2ccc(CCO)c3cc(Nc4ccnc(N5CCC(O)C(F)C5)n4)ncc23)C1. The zero-order valence-electron chi connectivity index (χ0n) is 19.8. The zero-order valence-corrected chi connectivity index (χ0v) is 20.6. The first-order valence-electron chi connectivity index (χ1n) is 12.0. The predicted molar refractivity (Wildman–Crippen MR) is 140 cm³/mol. The van der Waals surface area contributed by atoms with Gasteiger partial charge in [-0.05, 0) is 54.0 Å². The zero-order chi connectivity index (χ0) is 24.4. The van der Waals surface area contributed by atoms with Gasteiger partial charge in [0.15, 0.2) is 0 Å². The van der Waals surface area contributed by atoms with Gasteiger partial charge in [0.25, 0.3) is 0 Å². The van der Waals surface area contributed by atoms with E-state index in [0.717, 1.165) is 29.4 Å². The van der Waals surface area contributed by atoms with Crippen LogP contribution in [-0.4, -0.2) is 82.2 Å². The number of aliphatic hydroxyl groups excluding tert-OH is 2. The Morgan fingerprint density at radius 3 is 2.74 bits per heavy atom. The van der Waals surface area contributed by atoms with Gasteiger partial charge in [0.1, 0.15) is 17.8 Å². The molecule has 186 valence electrons. The molecule has 5 rings (SSSR count). The third kappa shape index (κ3) is 5.14. The molecule has 0 amide bonds. The second kappa shape index (κ2) is 10.5. The maximum absolute atomic E-state index is 14.0. The van der Waals surface area contributed by atoms with Crippen molar-refractivity contribution in [1.82, 2.24) is 15.0 Å². The number of fused-ring (bicyclic) bond motifs is 1. The highest BCUT2D eigenvalue weighted by Crippen LogP contribution is 2.35. The summed E-state index contributed by atoms with van der Waals surface area (Å²) in [5.74, 6) is 3.51. The molecule has 0 radical (unpaired) electrons. The van der Waals surface area contributed by atoms with Crippen LogP contribution < -0.4 is 15.1 Å². The third-order valence-corrected chi connectivity index (χ3v) is 7.54. The minimum atomic E-state index is -1.31. The lowest BCUT2D eigenvalue weighted by Crippen LogP contribution is -2.48. The van der Waals surface area contributed by atoms with Gasteiger partial charge in [0, 0.05) is 55.6 Å². The number of anilines is 4. The van der Waals surface area contributed by atoms with Gasteiger partial charge >= 0.3 is 0 Å². The predicted octanol–water partition coefficient (Wildman–Crippen LogP) is 3.01. The van der Waals surface area contributed by atoms with Gasteiger partial charge in [-0.3, -0.25) is 0 Å². The van der Waals surface area contributed by atoms with Crippen LogP contribution in [0.4, 0.5) is 27.7 Å². The molecule has 2 aliphatic heterocycles. The van der Waals surface area contributed by atoms with Crippen molar-refractivity contribution >= 4 is 45.8 Å². The number of thioether (sulfide) groups is 1. The van der Waals surface area contributed by atoms with Crippen molar-refractivity contribution in [3.05, 3.63) is 42.2 Å². The molecule has 0 saturated carbocycles. The summed E-state index contributed by atoms with van der Waals surface area (Å²) in [4.78, 5) is 17.6. The van der Waals surface area contributed by atoms with Gasteiger partial charge in [0.05, 0.1) is 12.6 Å². The van der Waals surface area contributed by atoms with Crippen LogP contribution in [0.1, 0.15) is 12.0 Å². The standard InChI is InChI=1S/C25H31FN6O2S/c1-35-15-16-12-32(13-16)21-3-2-17(6-9-33)18-10-24(28-11-19(18)21)29-23-4-7-27-25(30-23)31-8-5-22(34)20(26)14-31/h2-4,7,10-11,16,20,22,33-34H,5-6,8-9,12-15H2,1H3,(H,27,28,29,30). The number of halogens is 1. The molecule has 2 unspecified atom stereocenters. The average Bonchev–Trinajstić information content (AvgIpc) is 2.84. The number of aromatic nitrogens is 3. The number of hydrogen-bond donors (Lipinski definition) is 3. The summed E-state index contributed by atoms with van der Waals surface area (Å²) < 4.78 is 14.0. The van der Waals surface area contributed by atoms with E-state index < -0.39 is 12.3 Å². The van der Waals surface area contributed by atoms with E-state index in [1.807, 2.05) is 24.0 Å². The van der Waals surface area contributed by atoms with E-state index in [9.17, 15) is 14.6 Å². The average molecular weight is 499 g/mol. The summed E-state index contributed by atoms with van der Waals surface area (Å²) in [6, 6.07) is 7.99. The fourth-order valence-corrected chi connectivity index (χ4v) is 5.53. The highest BCUT2D eigenvalue weighted by Gasteiger charge is 2.29. The number of benzene rings is 1. The lowest BCUT2D eigenvalue weighted by molar-refractivity contribution is 0.0612. The lowest BCUT2D eigenvalue weighted by atomic mass is 9.97. The molecule has 2 aliphatic rings. The molecular weight excluding hydrogens is 467 g/mol. The van der Waals surface area contributed by atoms with E-state index in [1.165, 1.54) is 11.4 Å². The minimum absolute atomic E-state index is 0.0699. The number of piperidine rings is 1. The molecule has 2 fully saturated rings. The monoisotopic (exact) mass is 498 g/mol. The van der Waals surface area contributed by atoms with Crippen molar-refractivity contribution in [3.63, 3.8) is 0 Å². The van der Waals surface area contributed by atoms with Crippen molar-refractivity contribution in [2.45, 2.75) is 25.1 Å². The molecule has 2 atom stereocenters. The summed E-state index contributed by atoms with van der Waals surface area (Å²) in [6.07, 6.45) is 4.34. The van der Waals surface area contributed by atoms with Gasteiger partial charge in [-0.2, -0.15) is 16.7 Å². The molecule has 2 saturated heterocycles. The Morgan fingerprint density at radius 1 is 1.11 bits per heavy atom. The van der Waals surface area contributed by atoms with Gasteiger partial charge in [-0.15, -0.1) is 0 Å². The number of aliphatic hydroxyl groups is 2. The number of rotatable bonds is 8. The number of nitrogens with zero attached hydrogens (tertiary/aromatic N) is 5. The first kappa shape index (κ1) is 24.0. The molecule has 8 nitrogen and oxygen atoms in total. The molecule has 0 bridgehead atoms. The number of alkyl halides is 1. The molecular formula is C25H31FN6O2S. The molecule has 3 aromatic rings. The number of nitrogens with one attached hydrogen (secondary N) is 1. The van der Waals surface area contributed by atoms with E-state index in [2.05, 4.69) is 43.6 Å². The molecule has 10 heteroatoms. The van der Waals surface area contributed by atoms with Crippen LogP contribution in [-0.2, 0) is 6.42 Å². The van der Waals surface area contributed by atoms with Gasteiger partial charge in [-0.25, -0.2) is 14.4 Å². The molecule has 35 heavy (non-hydrogen) atoms. The van der Waals surface area contributed by atoms with Gasteiger partial charge in [0.2, 0.25) is 5.95 Å². The van der Waals surface area contributed by atoms with Crippen LogP contribution >= 0.6 is 11.8 Å². The molecule has 0 aliphatic carbocycles. The van der Waals surface area contributed by atoms with Crippen molar-refractivity contribution in [2.24, 2.45) is 5.92 Å². The fourth-order valence-electron chi connectivity index (χ4n) is 4.85. The van der Waals surface area contributed by atoms with Crippen LogP contribution in [0.3, 0.4) is 0 Å². The van der Waals surface area contributed by atoms with E-state index in [0.29, 0.717) is 42.9 Å². The van der Waals surface area contributed by atoms with Crippen LogP contribution in [0, 0.1) is 5.92 Å². The number of hydrogen-bond acceptors (Lipinski definition) is 9. The fraction of sp³-hybridized carbons (Fsp3) is 0.480. The van der Waals surface area contributed by atoms with Crippen LogP contribution in [0.5, 0.6) is 0 Å². The summed E-state index contributed by atoms with van der Waals surface area (Å²) in [7, 11) is 0. The van der Waals surface area contributed by atoms with Gasteiger partial charge in [-0.1, -0.05) is 6.07 Å². The van der Waals surface area contributed by atoms with Crippen molar-refractivity contribution in [2.75, 3.05) is 59.9 Å². The van der Waals surface area contributed by atoms with Crippen LogP contribution in [0.15, 0.2) is 36.7 Å². The molecule has 1 aromatic carbocycles. The summed E-state index contributed by atoms with van der Waals surface area (Å²) in [5, 5.41) is 24.7. The maximum atomic E-state index is 14.0. The summed E-state index contributed by atoms with van der Waals surface area (Å²) in [6.45, 7) is 2.74. The van der Waals surface area contributed by atoms with Crippen molar-refractivity contribution < 1.29 is 14.6 Å². The quantitative estimate of drug-likeness (QED) is 0.433. The molecule has 2 aromatic heterocycles. The Morgan fingerprint density at radius 2 is 1.97 bits per heavy atom. The molecule has 0 spiro atoms. The Hall–Kier alpha value is -2.69. The largest absolute Gasteiger partial charge is 0.396 e. The highest BCUT2D eigenvalue weighted by molar-refractivity contribution is 7.98. The Labute approximate surface area is 208 Å². The van der Waals surface area contributed by atoms with Gasteiger partial charge < -0.3 is 25.3 Å². The normalized spacial score (nSPS) is 20.8. The van der Waals surface area contributed by atoms with Crippen LogP contribution in [0.2, 0.25) is 0 Å². The second-order valence-electron chi connectivity index (χ2n) is 9.24. The Kier molecular flexibility index (Phi) is 7.22. The topological polar surface area (TPSA) is 97.6 Å². The highest BCUT2D eigenvalue weighted by atomic mass is 32.2. The smallest absolute Gasteiger partial charge is 0.227 e. The Balaban J connectivity index is 1.39. The van der Waals surface area contributed by atoms with E-state index in [4.69, 9.17) is 0 Å². The summed E-state index contributed by atoms with van der Waals surface area (Å²) in [5.41, 5.74) is 2.25. The third-order valence-electron chi connectivity index (χ3n) is 6.74. The minimum Gasteiger partial charge on any atom is -0.396 e. The maximum Gasteiger partial charge on any atom is 0.227 e.